The number of rotatable bonds is 6. The minimum absolute atomic E-state index is 0.0929. The van der Waals surface area contributed by atoms with Crippen LogP contribution in [0.25, 0.3) is 0 Å². The number of alkyl carbamates (subject to hydrolysis) is 1. The van der Waals surface area contributed by atoms with Gasteiger partial charge in [-0.1, -0.05) is 13.8 Å². The van der Waals surface area contributed by atoms with Gasteiger partial charge in [0.15, 0.2) is 0 Å². The molecule has 22 heavy (non-hydrogen) atoms. The number of esters is 1. The summed E-state index contributed by atoms with van der Waals surface area (Å²) >= 11 is 4.00. The van der Waals surface area contributed by atoms with Crippen molar-refractivity contribution in [3.8, 4) is 0 Å². The molecule has 2 N–H and O–H groups in total. The lowest BCUT2D eigenvalue weighted by molar-refractivity contribution is -0.144. The molecule has 0 fully saturated rings. The van der Waals surface area contributed by atoms with Crippen LogP contribution in [0, 0.1) is 5.92 Å². The van der Waals surface area contributed by atoms with Crippen LogP contribution in [0.3, 0.4) is 0 Å². The Morgan fingerprint density at radius 1 is 1.14 bits per heavy atom. The smallest absolute Gasteiger partial charge is 0.408 e. The van der Waals surface area contributed by atoms with E-state index in [0.717, 1.165) is 0 Å². The van der Waals surface area contributed by atoms with Crippen LogP contribution in [-0.4, -0.2) is 48.5 Å². The molecule has 2 unspecified atom stereocenters. The third-order valence-corrected chi connectivity index (χ3v) is 2.97. The van der Waals surface area contributed by atoms with E-state index in [9.17, 15) is 14.4 Å². The quantitative estimate of drug-likeness (QED) is 0.500. The molecule has 0 aromatic carbocycles. The Morgan fingerprint density at radius 2 is 1.68 bits per heavy atom. The standard InChI is InChI=1S/C14H26N2O5S/c1-8(2)10(16-13(19)21-14(3,4)5)11(17)15-9(7-22)12(18)20-6/h8-10,22H,7H2,1-6H3,(H,15,17)(H,16,19). The lowest BCUT2D eigenvalue weighted by atomic mass is 10.0. The van der Waals surface area contributed by atoms with E-state index in [1.807, 2.05) is 0 Å². The van der Waals surface area contributed by atoms with Crippen molar-refractivity contribution in [2.75, 3.05) is 12.9 Å². The van der Waals surface area contributed by atoms with Gasteiger partial charge < -0.3 is 20.1 Å². The summed E-state index contributed by atoms with van der Waals surface area (Å²) in [5.74, 6) is -1.19. The van der Waals surface area contributed by atoms with E-state index in [4.69, 9.17) is 4.74 Å². The highest BCUT2D eigenvalue weighted by Crippen LogP contribution is 2.09. The highest BCUT2D eigenvalue weighted by Gasteiger charge is 2.30. The van der Waals surface area contributed by atoms with Crippen molar-refractivity contribution in [3.05, 3.63) is 0 Å². The number of methoxy groups -OCH3 is 1. The molecule has 0 radical (unpaired) electrons. The summed E-state index contributed by atoms with van der Waals surface area (Å²) in [6, 6.07) is -1.70. The maximum atomic E-state index is 12.3. The zero-order valence-electron chi connectivity index (χ0n) is 13.9. The second-order valence-corrected chi connectivity index (χ2v) is 6.50. The molecule has 2 atom stereocenters. The van der Waals surface area contributed by atoms with E-state index in [1.165, 1.54) is 7.11 Å². The van der Waals surface area contributed by atoms with Gasteiger partial charge in [-0.05, 0) is 26.7 Å². The van der Waals surface area contributed by atoms with Crippen molar-refractivity contribution < 1.29 is 23.9 Å². The van der Waals surface area contributed by atoms with Gasteiger partial charge in [-0.3, -0.25) is 4.79 Å². The number of carbonyl (C=O) groups is 3. The van der Waals surface area contributed by atoms with E-state index in [2.05, 4.69) is 28.0 Å². The molecule has 0 aliphatic carbocycles. The first-order valence-electron chi connectivity index (χ1n) is 7.00. The summed E-state index contributed by atoms with van der Waals surface area (Å²) in [6.07, 6.45) is -0.693. The van der Waals surface area contributed by atoms with Crippen molar-refractivity contribution >= 4 is 30.6 Å². The molecule has 0 spiro atoms. The highest BCUT2D eigenvalue weighted by molar-refractivity contribution is 7.80. The van der Waals surface area contributed by atoms with E-state index >= 15 is 0 Å². The van der Waals surface area contributed by atoms with E-state index in [0.29, 0.717) is 0 Å². The molecule has 7 nitrogen and oxygen atoms in total. The summed E-state index contributed by atoms with van der Waals surface area (Å²) < 4.78 is 9.71. The Hall–Kier alpha value is -1.44. The fourth-order valence-electron chi connectivity index (χ4n) is 1.55. The van der Waals surface area contributed by atoms with E-state index in [-0.39, 0.29) is 11.7 Å². The molecule has 0 saturated carbocycles. The lowest BCUT2D eigenvalue weighted by Gasteiger charge is -2.26. The van der Waals surface area contributed by atoms with E-state index < -0.39 is 35.7 Å². The van der Waals surface area contributed by atoms with Crippen molar-refractivity contribution in [1.29, 1.82) is 0 Å². The zero-order chi connectivity index (χ0) is 17.5. The second-order valence-electron chi connectivity index (χ2n) is 6.13. The summed E-state index contributed by atoms with van der Waals surface area (Å²) in [5, 5.41) is 5.02. The Bertz CT molecular complexity index is 407. The molecule has 128 valence electrons. The first kappa shape index (κ1) is 20.6. The first-order chi connectivity index (χ1) is 10.0. The molecule has 0 aliphatic heterocycles. The predicted molar refractivity (Wildman–Crippen MR) is 85.8 cm³/mol. The summed E-state index contributed by atoms with van der Waals surface area (Å²) in [6.45, 7) is 8.73. The Morgan fingerprint density at radius 3 is 2.05 bits per heavy atom. The fraction of sp³-hybridized carbons (Fsp3) is 0.786. The maximum Gasteiger partial charge on any atom is 0.408 e. The van der Waals surface area contributed by atoms with Crippen LogP contribution in [0.4, 0.5) is 4.79 Å². The molecule has 0 saturated heterocycles. The minimum Gasteiger partial charge on any atom is -0.467 e. The Labute approximate surface area is 136 Å². The number of hydrogen-bond donors (Lipinski definition) is 3. The van der Waals surface area contributed by atoms with Gasteiger partial charge in [0.2, 0.25) is 5.91 Å². The molecular formula is C14H26N2O5S. The Kier molecular flexibility index (Phi) is 8.29. The topological polar surface area (TPSA) is 93.7 Å². The number of nitrogens with one attached hydrogen (secondary N) is 2. The van der Waals surface area contributed by atoms with Crippen molar-refractivity contribution in [1.82, 2.24) is 10.6 Å². The van der Waals surface area contributed by atoms with E-state index in [1.54, 1.807) is 34.6 Å². The molecule has 0 rings (SSSR count). The van der Waals surface area contributed by atoms with Crippen molar-refractivity contribution in [2.24, 2.45) is 5.92 Å². The molecule has 8 heteroatoms. The van der Waals surface area contributed by atoms with Crippen LogP contribution in [0.2, 0.25) is 0 Å². The Balaban J connectivity index is 4.84. The second kappa shape index (κ2) is 8.87. The van der Waals surface area contributed by atoms with Crippen LogP contribution in [0.1, 0.15) is 34.6 Å². The SMILES string of the molecule is COC(=O)C(CS)NC(=O)C(NC(=O)OC(C)(C)C)C(C)C. The minimum atomic E-state index is -0.873. The summed E-state index contributed by atoms with van der Waals surface area (Å²) in [4.78, 5) is 35.5. The van der Waals surface area contributed by atoms with Crippen LogP contribution < -0.4 is 10.6 Å². The van der Waals surface area contributed by atoms with Crippen LogP contribution in [-0.2, 0) is 19.1 Å². The van der Waals surface area contributed by atoms with Gasteiger partial charge in [0.05, 0.1) is 7.11 Å². The fourth-order valence-corrected chi connectivity index (χ4v) is 1.79. The first-order valence-corrected chi connectivity index (χ1v) is 7.63. The van der Waals surface area contributed by atoms with Crippen LogP contribution >= 0.6 is 12.6 Å². The van der Waals surface area contributed by atoms with Gasteiger partial charge >= 0.3 is 12.1 Å². The normalized spacial score (nSPS) is 14.0. The average Bonchev–Trinajstić information content (AvgIpc) is 2.38. The van der Waals surface area contributed by atoms with Gasteiger partial charge in [0.1, 0.15) is 17.7 Å². The molecule has 0 aromatic rings. The number of thiol groups is 1. The van der Waals surface area contributed by atoms with Gasteiger partial charge in [0, 0.05) is 5.75 Å². The van der Waals surface area contributed by atoms with Gasteiger partial charge in [-0.2, -0.15) is 12.6 Å². The third kappa shape index (κ3) is 7.53. The van der Waals surface area contributed by atoms with Gasteiger partial charge in [0.25, 0.3) is 0 Å². The lowest BCUT2D eigenvalue weighted by Crippen LogP contribution is -2.55. The molecule has 0 heterocycles. The number of ether oxygens (including phenoxy) is 2. The summed E-state index contributed by atoms with van der Waals surface area (Å²) in [5.41, 5.74) is -0.665. The molecule has 2 amide bonds. The predicted octanol–water partition coefficient (Wildman–Crippen LogP) is 1.12. The highest BCUT2D eigenvalue weighted by atomic mass is 32.1. The maximum absolute atomic E-state index is 12.3. The number of amides is 2. The molecule has 0 aliphatic rings. The molecular weight excluding hydrogens is 308 g/mol. The number of carbonyl (C=O) groups excluding carboxylic acids is 3. The van der Waals surface area contributed by atoms with Crippen LogP contribution in [0.15, 0.2) is 0 Å². The van der Waals surface area contributed by atoms with Gasteiger partial charge in [-0.15, -0.1) is 0 Å². The largest absolute Gasteiger partial charge is 0.467 e. The van der Waals surface area contributed by atoms with Crippen molar-refractivity contribution in [3.63, 3.8) is 0 Å². The van der Waals surface area contributed by atoms with Crippen molar-refractivity contribution in [2.45, 2.75) is 52.3 Å². The molecule has 0 bridgehead atoms. The average molecular weight is 334 g/mol. The van der Waals surface area contributed by atoms with Crippen LogP contribution in [0.5, 0.6) is 0 Å². The number of hydrogen-bond acceptors (Lipinski definition) is 6. The summed E-state index contributed by atoms with van der Waals surface area (Å²) in [7, 11) is 1.23. The van der Waals surface area contributed by atoms with Gasteiger partial charge in [-0.25, -0.2) is 9.59 Å². The monoisotopic (exact) mass is 334 g/mol. The zero-order valence-corrected chi connectivity index (χ0v) is 14.8. The third-order valence-electron chi connectivity index (χ3n) is 2.61. The molecule has 0 aromatic heterocycles.